The Balaban J connectivity index is 2.86. The molecule has 8 heteroatoms. The molecule has 1 rings (SSSR count). The molecule has 0 aromatic heterocycles. The highest BCUT2D eigenvalue weighted by molar-refractivity contribution is 7.92. The van der Waals surface area contributed by atoms with Gasteiger partial charge in [-0.25, -0.2) is 17.6 Å². The maximum Gasteiger partial charge on any atom is 0.335 e. The normalized spacial score (nSPS) is 11.3. The minimum absolute atomic E-state index is 0.195. The summed E-state index contributed by atoms with van der Waals surface area (Å²) in [5.41, 5.74) is -0.564. The van der Waals surface area contributed by atoms with E-state index in [1.807, 2.05) is 4.72 Å². The maximum atomic E-state index is 13.4. The van der Waals surface area contributed by atoms with Crippen molar-refractivity contribution in [3.63, 3.8) is 0 Å². The summed E-state index contributed by atoms with van der Waals surface area (Å²) in [6.45, 7) is 0. The van der Waals surface area contributed by atoms with Crippen molar-refractivity contribution in [1.82, 2.24) is 0 Å². The third kappa shape index (κ3) is 5.04. The molecule has 1 aromatic carbocycles. The number of alkyl halides is 1. The number of carboxylic acids is 1. The molecule has 2 N–H and O–H groups in total. The van der Waals surface area contributed by atoms with Crippen molar-refractivity contribution in [1.29, 1.82) is 0 Å². The van der Waals surface area contributed by atoms with Crippen molar-refractivity contribution in [3.05, 3.63) is 29.6 Å². The fraction of sp³-hybridized carbons (Fsp3) is 0.364. The molecule has 0 fully saturated rings. The first-order valence-corrected chi connectivity index (χ1v) is 7.63. The van der Waals surface area contributed by atoms with E-state index in [1.54, 1.807) is 0 Å². The minimum Gasteiger partial charge on any atom is -0.478 e. The Morgan fingerprint density at radius 1 is 1.37 bits per heavy atom. The first-order chi connectivity index (χ1) is 8.85. The Labute approximate surface area is 115 Å². The molecule has 0 heterocycles. The average molecular weight is 310 g/mol. The zero-order chi connectivity index (χ0) is 14.5. The Morgan fingerprint density at radius 3 is 2.63 bits per heavy atom. The van der Waals surface area contributed by atoms with Gasteiger partial charge < -0.3 is 5.11 Å². The molecule has 0 aliphatic rings. The lowest BCUT2D eigenvalue weighted by Crippen LogP contribution is -2.18. The molecular formula is C11H13ClFNO4S. The van der Waals surface area contributed by atoms with Gasteiger partial charge in [-0.3, -0.25) is 4.72 Å². The SMILES string of the molecule is O=C(O)c1ccc(F)c(NS(=O)(=O)CCCCCl)c1. The van der Waals surface area contributed by atoms with Crippen LogP contribution >= 0.6 is 11.6 Å². The Morgan fingerprint density at radius 2 is 2.05 bits per heavy atom. The number of halogens is 2. The van der Waals surface area contributed by atoms with Gasteiger partial charge in [-0.05, 0) is 31.0 Å². The van der Waals surface area contributed by atoms with E-state index in [-0.39, 0.29) is 17.0 Å². The Kier molecular flexibility index (Phi) is 5.56. The summed E-state index contributed by atoms with van der Waals surface area (Å²) < 4.78 is 38.7. The Hall–Kier alpha value is -1.34. The molecule has 19 heavy (non-hydrogen) atoms. The van der Waals surface area contributed by atoms with E-state index in [4.69, 9.17) is 16.7 Å². The van der Waals surface area contributed by atoms with Gasteiger partial charge in [0, 0.05) is 5.88 Å². The van der Waals surface area contributed by atoms with Crippen molar-refractivity contribution in [2.45, 2.75) is 12.8 Å². The van der Waals surface area contributed by atoms with E-state index < -0.39 is 21.8 Å². The van der Waals surface area contributed by atoms with Crippen LogP contribution in [0.2, 0.25) is 0 Å². The summed E-state index contributed by atoms with van der Waals surface area (Å²) in [5, 5.41) is 8.76. The number of rotatable bonds is 7. The summed E-state index contributed by atoms with van der Waals surface area (Å²) >= 11 is 5.43. The molecule has 0 saturated carbocycles. The topological polar surface area (TPSA) is 83.5 Å². The highest BCUT2D eigenvalue weighted by Crippen LogP contribution is 2.18. The fourth-order valence-electron chi connectivity index (χ4n) is 1.34. The molecule has 5 nitrogen and oxygen atoms in total. The van der Waals surface area contributed by atoms with E-state index in [9.17, 15) is 17.6 Å². The lowest BCUT2D eigenvalue weighted by atomic mass is 10.2. The third-order valence-corrected chi connectivity index (χ3v) is 3.90. The number of nitrogens with one attached hydrogen (secondary N) is 1. The van der Waals surface area contributed by atoms with Crippen molar-refractivity contribution >= 4 is 33.3 Å². The second-order valence-corrected chi connectivity index (χ2v) is 6.04. The molecule has 0 unspecified atom stereocenters. The van der Waals surface area contributed by atoms with Crippen LogP contribution in [0.5, 0.6) is 0 Å². The van der Waals surface area contributed by atoms with Crippen LogP contribution in [0.1, 0.15) is 23.2 Å². The quantitative estimate of drug-likeness (QED) is 0.598. The van der Waals surface area contributed by atoms with Gasteiger partial charge >= 0.3 is 5.97 Å². The second kappa shape index (κ2) is 6.72. The standard InChI is InChI=1S/C11H13ClFNO4S/c12-5-1-2-6-19(17,18)14-10-7-8(11(15)16)3-4-9(10)13/h3-4,7,14H,1-2,5-6H2,(H,15,16). The first kappa shape index (κ1) is 15.7. The van der Waals surface area contributed by atoms with Gasteiger partial charge in [0.2, 0.25) is 10.0 Å². The van der Waals surface area contributed by atoms with Crippen LogP contribution in [-0.4, -0.2) is 31.1 Å². The zero-order valence-electron chi connectivity index (χ0n) is 9.90. The molecule has 1 aromatic rings. The summed E-state index contributed by atoms with van der Waals surface area (Å²) in [6, 6.07) is 2.90. The number of unbranched alkanes of at least 4 members (excludes halogenated alkanes) is 1. The fourth-order valence-corrected chi connectivity index (χ4v) is 2.71. The molecule has 0 amide bonds. The molecule has 0 aliphatic heterocycles. The van der Waals surface area contributed by atoms with E-state index in [1.165, 1.54) is 0 Å². The first-order valence-electron chi connectivity index (χ1n) is 5.45. The Bertz CT molecular complexity index is 562. The van der Waals surface area contributed by atoms with Gasteiger partial charge in [0.25, 0.3) is 0 Å². The van der Waals surface area contributed by atoms with Crippen LogP contribution in [0.15, 0.2) is 18.2 Å². The van der Waals surface area contributed by atoms with Crippen LogP contribution in [0.4, 0.5) is 10.1 Å². The van der Waals surface area contributed by atoms with Crippen LogP contribution in [0.25, 0.3) is 0 Å². The number of hydrogen-bond acceptors (Lipinski definition) is 3. The van der Waals surface area contributed by atoms with E-state index in [0.717, 1.165) is 18.2 Å². The van der Waals surface area contributed by atoms with Gasteiger partial charge in [-0.1, -0.05) is 0 Å². The monoisotopic (exact) mass is 309 g/mol. The largest absolute Gasteiger partial charge is 0.478 e. The van der Waals surface area contributed by atoms with Gasteiger partial charge in [0.05, 0.1) is 17.0 Å². The lowest BCUT2D eigenvalue weighted by Gasteiger charge is -2.09. The third-order valence-electron chi connectivity index (χ3n) is 2.28. The average Bonchev–Trinajstić information content (AvgIpc) is 2.31. The summed E-state index contributed by atoms with van der Waals surface area (Å²) in [7, 11) is -3.71. The number of carboxylic acid groups (broad SMARTS) is 1. The molecule has 0 spiro atoms. The number of benzene rings is 1. The molecule has 106 valence electrons. The van der Waals surface area contributed by atoms with Crippen molar-refractivity contribution in [2.24, 2.45) is 0 Å². The number of anilines is 1. The van der Waals surface area contributed by atoms with E-state index >= 15 is 0 Å². The van der Waals surface area contributed by atoms with Crippen LogP contribution in [0.3, 0.4) is 0 Å². The number of carbonyl (C=O) groups is 1. The van der Waals surface area contributed by atoms with Gasteiger partial charge in [0.1, 0.15) is 5.82 Å². The van der Waals surface area contributed by atoms with Crippen molar-refractivity contribution in [2.75, 3.05) is 16.4 Å². The van der Waals surface area contributed by atoms with Crippen molar-refractivity contribution < 1.29 is 22.7 Å². The predicted molar refractivity (Wildman–Crippen MR) is 70.7 cm³/mol. The van der Waals surface area contributed by atoms with Crippen LogP contribution in [0, 0.1) is 5.82 Å². The van der Waals surface area contributed by atoms with Crippen LogP contribution < -0.4 is 4.72 Å². The minimum atomic E-state index is -3.71. The van der Waals surface area contributed by atoms with E-state index in [0.29, 0.717) is 18.7 Å². The van der Waals surface area contributed by atoms with Gasteiger partial charge in [0.15, 0.2) is 0 Å². The zero-order valence-corrected chi connectivity index (χ0v) is 11.5. The summed E-state index contributed by atoms with van der Waals surface area (Å²) in [5.74, 6) is -1.94. The summed E-state index contributed by atoms with van der Waals surface area (Å²) in [4.78, 5) is 10.7. The number of sulfonamides is 1. The van der Waals surface area contributed by atoms with Crippen LogP contribution in [-0.2, 0) is 10.0 Å². The molecule has 0 bridgehead atoms. The highest BCUT2D eigenvalue weighted by Gasteiger charge is 2.15. The molecule has 0 saturated heterocycles. The lowest BCUT2D eigenvalue weighted by molar-refractivity contribution is 0.0697. The second-order valence-electron chi connectivity index (χ2n) is 3.82. The predicted octanol–water partition coefficient (Wildman–Crippen LogP) is 2.28. The highest BCUT2D eigenvalue weighted by atomic mass is 35.5. The molecular weight excluding hydrogens is 297 g/mol. The van der Waals surface area contributed by atoms with Gasteiger partial charge in [-0.15, -0.1) is 11.6 Å². The summed E-state index contributed by atoms with van der Waals surface area (Å²) in [6.07, 6.45) is 0.874. The molecule has 0 aliphatic carbocycles. The van der Waals surface area contributed by atoms with Gasteiger partial charge in [-0.2, -0.15) is 0 Å². The van der Waals surface area contributed by atoms with E-state index in [2.05, 4.69) is 0 Å². The number of hydrogen-bond donors (Lipinski definition) is 2. The van der Waals surface area contributed by atoms with Crippen molar-refractivity contribution in [3.8, 4) is 0 Å². The maximum absolute atomic E-state index is 13.4. The smallest absolute Gasteiger partial charge is 0.335 e. The molecule has 0 radical (unpaired) electrons. The molecule has 0 atom stereocenters. The number of aromatic carboxylic acids is 1.